The van der Waals surface area contributed by atoms with Gasteiger partial charge in [-0.1, -0.05) is 42.5 Å². The van der Waals surface area contributed by atoms with Crippen LogP contribution in [0.4, 0.5) is 0 Å². The number of nitrogens with one attached hydrogen (secondary N) is 1. The lowest BCUT2D eigenvalue weighted by Gasteiger charge is -2.22. The molecule has 1 heterocycles. The summed E-state index contributed by atoms with van der Waals surface area (Å²) in [6.07, 6.45) is 1.77. The van der Waals surface area contributed by atoms with Gasteiger partial charge in [-0.15, -0.1) is 0 Å². The Balaban J connectivity index is 1.47. The number of fused-ring (bicyclic) bond motifs is 1. The topological polar surface area (TPSA) is 68.4 Å². The lowest BCUT2D eigenvalue weighted by molar-refractivity contribution is 0.0502. The number of esters is 1. The monoisotopic (exact) mass is 403 g/mol. The van der Waals surface area contributed by atoms with Gasteiger partial charge in [-0.3, -0.25) is 4.79 Å². The average Bonchev–Trinajstić information content (AvgIpc) is 3.11. The Labute approximate surface area is 176 Å². The van der Waals surface area contributed by atoms with Gasteiger partial charge in [0.05, 0.1) is 13.7 Å². The van der Waals surface area contributed by atoms with E-state index in [2.05, 4.69) is 4.98 Å². The molecule has 1 unspecified atom stereocenters. The minimum Gasteiger partial charge on any atom is -0.497 e. The third kappa shape index (κ3) is 4.01. The lowest BCUT2D eigenvalue weighted by atomic mass is 9.81. The normalized spacial score (nSPS) is 15.5. The Morgan fingerprint density at radius 2 is 1.80 bits per heavy atom. The molecule has 0 fully saturated rings. The van der Waals surface area contributed by atoms with Crippen molar-refractivity contribution in [3.63, 3.8) is 0 Å². The lowest BCUT2D eigenvalue weighted by Crippen LogP contribution is -2.18. The van der Waals surface area contributed by atoms with Gasteiger partial charge in [0.2, 0.25) is 0 Å². The van der Waals surface area contributed by atoms with Crippen LogP contribution in [0.2, 0.25) is 0 Å². The molecule has 0 spiro atoms. The zero-order chi connectivity index (χ0) is 21.1. The molecule has 5 nitrogen and oxygen atoms in total. The van der Waals surface area contributed by atoms with Crippen molar-refractivity contribution >= 4 is 11.8 Å². The minimum atomic E-state index is -0.411. The highest BCUT2D eigenvalue weighted by atomic mass is 16.5. The zero-order valence-electron chi connectivity index (χ0n) is 17.2. The smallest absolute Gasteiger partial charge is 0.355 e. The highest BCUT2D eigenvalue weighted by Gasteiger charge is 2.32. The first-order valence-corrected chi connectivity index (χ1v) is 10.2. The number of ketones is 1. The van der Waals surface area contributed by atoms with Gasteiger partial charge in [0, 0.05) is 24.1 Å². The van der Waals surface area contributed by atoms with Gasteiger partial charge >= 0.3 is 5.97 Å². The molecule has 0 bridgehead atoms. The summed E-state index contributed by atoms with van der Waals surface area (Å²) in [6, 6.07) is 17.7. The van der Waals surface area contributed by atoms with Crippen molar-refractivity contribution < 1.29 is 19.1 Å². The number of carbonyl (C=O) groups excluding carboxylic acids is 2. The number of aromatic amines is 1. The van der Waals surface area contributed by atoms with Crippen LogP contribution in [0.3, 0.4) is 0 Å². The number of hydrogen-bond donors (Lipinski definition) is 1. The first-order valence-electron chi connectivity index (χ1n) is 10.2. The fraction of sp³-hybridized carbons (Fsp3) is 0.280. The highest BCUT2D eigenvalue weighted by molar-refractivity contribution is 6.03. The second kappa shape index (κ2) is 8.57. The molecular formula is C25H25NO4. The quantitative estimate of drug-likeness (QED) is 0.609. The van der Waals surface area contributed by atoms with Crippen LogP contribution in [0, 0.1) is 6.92 Å². The fourth-order valence-corrected chi connectivity index (χ4v) is 4.13. The summed E-state index contributed by atoms with van der Waals surface area (Å²) in [7, 11) is 1.63. The molecule has 1 aliphatic carbocycles. The average molecular weight is 403 g/mol. The van der Waals surface area contributed by atoms with Crippen LogP contribution in [0.1, 0.15) is 55.6 Å². The van der Waals surface area contributed by atoms with Crippen molar-refractivity contribution in [3.8, 4) is 5.75 Å². The van der Waals surface area contributed by atoms with E-state index in [1.165, 1.54) is 0 Å². The zero-order valence-corrected chi connectivity index (χ0v) is 17.2. The van der Waals surface area contributed by atoms with Gasteiger partial charge in [0.1, 0.15) is 11.4 Å². The molecule has 1 aromatic heterocycles. The predicted molar refractivity (Wildman–Crippen MR) is 114 cm³/mol. The van der Waals surface area contributed by atoms with Crippen LogP contribution in [-0.2, 0) is 17.6 Å². The van der Waals surface area contributed by atoms with E-state index in [0.717, 1.165) is 22.6 Å². The van der Waals surface area contributed by atoms with Gasteiger partial charge < -0.3 is 14.5 Å². The van der Waals surface area contributed by atoms with Crippen molar-refractivity contribution in [2.24, 2.45) is 0 Å². The number of methoxy groups -OCH3 is 1. The third-order valence-electron chi connectivity index (χ3n) is 5.75. The summed E-state index contributed by atoms with van der Waals surface area (Å²) in [5.74, 6) is 0.523. The van der Waals surface area contributed by atoms with Crippen LogP contribution >= 0.6 is 0 Å². The van der Waals surface area contributed by atoms with E-state index in [9.17, 15) is 9.59 Å². The maximum atomic E-state index is 12.9. The number of hydrogen-bond acceptors (Lipinski definition) is 4. The van der Waals surface area contributed by atoms with Gasteiger partial charge in [-0.2, -0.15) is 0 Å². The molecule has 1 N–H and O–H groups in total. The van der Waals surface area contributed by atoms with Crippen molar-refractivity contribution in [2.75, 3.05) is 13.7 Å². The Kier molecular flexibility index (Phi) is 5.70. The van der Waals surface area contributed by atoms with Gasteiger partial charge in [-0.25, -0.2) is 4.79 Å². The molecule has 0 saturated heterocycles. The number of benzene rings is 2. The summed E-state index contributed by atoms with van der Waals surface area (Å²) < 4.78 is 10.7. The van der Waals surface area contributed by atoms with Gasteiger partial charge in [0.15, 0.2) is 5.78 Å². The van der Waals surface area contributed by atoms with Gasteiger partial charge in [-0.05, 0) is 48.1 Å². The molecule has 3 aromatic rings. The van der Waals surface area contributed by atoms with Crippen LogP contribution < -0.4 is 4.74 Å². The molecule has 0 aliphatic heterocycles. The number of carbonyl (C=O) groups is 2. The highest BCUT2D eigenvalue weighted by Crippen LogP contribution is 2.35. The predicted octanol–water partition coefficient (Wildman–Crippen LogP) is 4.64. The molecule has 154 valence electrons. The molecule has 1 atom stereocenters. The maximum Gasteiger partial charge on any atom is 0.355 e. The summed E-state index contributed by atoms with van der Waals surface area (Å²) in [5, 5.41) is 0. The van der Waals surface area contributed by atoms with E-state index in [1.807, 2.05) is 61.5 Å². The second-order valence-electron chi connectivity index (χ2n) is 7.65. The largest absolute Gasteiger partial charge is 0.497 e. The first kappa shape index (κ1) is 20.0. The van der Waals surface area contributed by atoms with Crippen molar-refractivity contribution in [2.45, 2.75) is 32.1 Å². The summed E-state index contributed by atoms with van der Waals surface area (Å²) in [5.41, 5.74) is 4.75. The number of Topliss-reactive ketones (excluding diaryl/α,β-unsaturated/α-hetero) is 1. The first-order chi connectivity index (χ1) is 14.6. The molecule has 5 heteroatoms. The van der Waals surface area contributed by atoms with Gasteiger partial charge in [0.25, 0.3) is 0 Å². The van der Waals surface area contributed by atoms with E-state index in [1.54, 1.807) is 7.11 Å². The minimum absolute atomic E-state index is 0.0640. The molecule has 1 aliphatic rings. The Morgan fingerprint density at radius 3 is 2.50 bits per heavy atom. The summed E-state index contributed by atoms with van der Waals surface area (Å²) in [6.45, 7) is 2.11. The standard InChI is InChI=1S/C25H25NO4/c1-16-23-21(14-19(15-22(23)27)18-8-10-20(29-2)11-9-18)26-24(16)25(28)30-13-12-17-6-4-3-5-7-17/h3-11,19,26H,12-15H2,1-2H3. The van der Waals surface area contributed by atoms with Crippen molar-refractivity contribution in [1.82, 2.24) is 4.98 Å². The van der Waals surface area contributed by atoms with E-state index in [0.29, 0.717) is 42.7 Å². The number of ether oxygens (including phenoxy) is 2. The summed E-state index contributed by atoms with van der Waals surface area (Å²) in [4.78, 5) is 28.7. The van der Waals surface area contributed by atoms with Crippen LogP contribution in [0.5, 0.6) is 5.75 Å². The second-order valence-corrected chi connectivity index (χ2v) is 7.65. The number of rotatable bonds is 6. The third-order valence-corrected chi connectivity index (χ3v) is 5.75. The molecule has 0 saturated carbocycles. The Hall–Kier alpha value is -3.34. The fourth-order valence-electron chi connectivity index (χ4n) is 4.13. The molecule has 30 heavy (non-hydrogen) atoms. The van der Waals surface area contributed by atoms with Crippen LogP contribution in [-0.4, -0.2) is 30.5 Å². The van der Waals surface area contributed by atoms with E-state index < -0.39 is 5.97 Å². The van der Waals surface area contributed by atoms with Crippen LogP contribution in [0.15, 0.2) is 54.6 Å². The number of H-pyrrole nitrogens is 1. The Bertz CT molecular complexity index is 1050. The molecular weight excluding hydrogens is 378 g/mol. The maximum absolute atomic E-state index is 12.9. The molecule has 0 radical (unpaired) electrons. The molecule has 4 rings (SSSR count). The van der Waals surface area contributed by atoms with Crippen molar-refractivity contribution in [3.05, 3.63) is 88.2 Å². The SMILES string of the molecule is COc1ccc(C2CC(=O)c3c([nH]c(C(=O)OCCc4ccccc4)c3C)C2)cc1. The van der Waals surface area contributed by atoms with E-state index >= 15 is 0 Å². The Morgan fingerprint density at radius 1 is 1.07 bits per heavy atom. The molecule has 2 aromatic carbocycles. The van der Waals surface area contributed by atoms with Crippen molar-refractivity contribution in [1.29, 1.82) is 0 Å². The van der Waals surface area contributed by atoms with Crippen LogP contribution in [0.25, 0.3) is 0 Å². The van der Waals surface area contributed by atoms with E-state index in [-0.39, 0.29) is 11.7 Å². The molecule has 0 amide bonds. The number of aromatic nitrogens is 1. The summed E-state index contributed by atoms with van der Waals surface area (Å²) >= 11 is 0. The van der Waals surface area contributed by atoms with E-state index in [4.69, 9.17) is 9.47 Å².